The maximum atomic E-state index is 5.55. The molecule has 0 radical (unpaired) electrons. The average molecular weight is 385 g/mol. The van der Waals surface area contributed by atoms with Crippen LogP contribution in [0.2, 0.25) is 0 Å². The fourth-order valence-electron chi connectivity index (χ4n) is 3.34. The lowest BCUT2D eigenvalue weighted by molar-refractivity contribution is 0.415. The molecular formula is C21H28N4OS. The molecule has 0 amide bonds. The van der Waals surface area contributed by atoms with Gasteiger partial charge in [-0.1, -0.05) is 31.3 Å². The third kappa shape index (κ3) is 4.16. The van der Waals surface area contributed by atoms with Gasteiger partial charge in [-0.15, -0.1) is 0 Å². The number of nitrogens with zero attached hydrogens (tertiary/aromatic N) is 3. The minimum absolute atomic E-state index is 0.790. The van der Waals surface area contributed by atoms with Crippen LogP contribution in [0.3, 0.4) is 0 Å². The second-order valence-corrected chi connectivity index (χ2v) is 7.68. The lowest BCUT2D eigenvalue weighted by Gasteiger charge is -2.24. The van der Waals surface area contributed by atoms with Gasteiger partial charge in [0.1, 0.15) is 11.4 Å². The number of anilines is 3. The zero-order chi connectivity index (χ0) is 19.4. The van der Waals surface area contributed by atoms with Crippen molar-refractivity contribution in [1.82, 2.24) is 9.97 Å². The van der Waals surface area contributed by atoms with E-state index in [-0.39, 0.29) is 0 Å². The topological polar surface area (TPSA) is 50.3 Å². The first kappa shape index (κ1) is 19.4. The molecule has 0 saturated carbocycles. The van der Waals surface area contributed by atoms with Crippen LogP contribution in [-0.4, -0.2) is 30.2 Å². The molecule has 144 valence electrons. The number of rotatable bonds is 8. The van der Waals surface area contributed by atoms with E-state index in [1.54, 1.807) is 18.4 Å². The van der Waals surface area contributed by atoms with E-state index in [9.17, 15) is 0 Å². The van der Waals surface area contributed by atoms with Gasteiger partial charge in [-0.05, 0) is 38.8 Å². The van der Waals surface area contributed by atoms with Crippen molar-refractivity contribution in [2.24, 2.45) is 0 Å². The molecule has 0 atom stereocenters. The highest BCUT2D eigenvalue weighted by Gasteiger charge is 2.15. The number of methoxy groups -OCH3 is 1. The van der Waals surface area contributed by atoms with Crippen LogP contribution < -0.4 is 15.0 Å². The molecule has 5 nitrogen and oxygen atoms in total. The first-order valence-electron chi connectivity index (χ1n) is 9.51. The molecule has 0 fully saturated rings. The Balaban J connectivity index is 2.00. The largest absolute Gasteiger partial charge is 0.494 e. The van der Waals surface area contributed by atoms with Crippen LogP contribution in [0.4, 0.5) is 16.5 Å². The Morgan fingerprint density at radius 2 is 1.85 bits per heavy atom. The van der Waals surface area contributed by atoms with Gasteiger partial charge in [0.2, 0.25) is 0 Å². The number of pyridine rings is 1. The Kier molecular flexibility index (Phi) is 6.16. The second kappa shape index (κ2) is 8.57. The van der Waals surface area contributed by atoms with Gasteiger partial charge >= 0.3 is 0 Å². The van der Waals surface area contributed by atoms with E-state index >= 15 is 0 Å². The maximum absolute atomic E-state index is 5.55. The number of aryl methyl sites for hydroxylation is 2. The summed E-state index contributed by atoms with van der Waals surface area (Å²) in [6.07, 6.45) is 2.26. The monoisotopic (exact) mass is 384 g/mol. The van der Waals surface area contributed by atoms with Gasteiger partial charge in [-0.3, -0.25) is 4.98 Å². The molecule has 2 aromatic heterocycles. The summed E-state index contributed by atoms with van der Waals surface area (Å²) in [5.74, 6) is 0.790. The quantitative estimate of drug-likeness (QED) is 0.541. The van der Waals surface area contributed by atoms with Gasteiger partial charge in [-0.25, -0.2) is 4.98 Å². The molecule has 1 N–H and O–H groups in total. The number of ether oxygens (including phenoxy) is 1. The minimum atomic E-state index is 0.790. The number of nitrogens with one attached hydrogen (secondary N) is 1. The van der Waals surface area contributed by atoms with Crippen molar-refractivity contribution in [2.45, 2.75) is 40.5 Å². The van der Waals surface area contributed by atoms with Crippen molar-refractivity contribution in [3.8, 4) is 5.75 Å². The summed E-state index contributed by atoms with van der Waals surface area (Å²) in [5.41, 5.74) is 5.02. The highest BCUT2D eigenvalue weighted by atomic mass is 32.1. The Morgan fingerprint density at radius 1 is 1.11 bits per heavy atom. The first-order valence-corrected chi connectivity index (χ1v) is 10.3. The summed E-state index contributed by atoms with van der Waals surface area (Å²) in [7, 11) is 1.68. The van der Waals surface area contributed by atoms with Gasteiger partial charge in [0.05, 0.1) is 28.7 Å². The molecule has 6 heteroatoms. The highest BCUT2D eigenvalue weighted by molar-refractivity contribution is 7.22. The van der Waals surface area contributed by atoms with Crippen LogP contribution >= 0.6 is 11.3 Å². The van der Waals surface area contributed by atoms with Crippen molar-refractivity contribution < 1.29 is 4.74 Å². The molecule has 27 heavy (non-hydrogen) atoms. The normalized spacial score (nSPS) is 11.0. The van der Waals surface area contributed by atoms with Crippen LogP contribution in [0.5, 0.6) is 5.75 Å². The smallest absolute Gasteiger partial charge is 0.188 e. The average Bonchev–Trinajstić information content (AvgIpc) is 3.06. The van der Waals surface area contributed by atoms with Crippen LogP contribution in [0.25, 0.3) is 10.2 Å². The summed E-state index contributed by atoms with van der Waals surface area (Å²) >= 11 is 1.68. The summed E-state index contributed by atoms with van der Waals surface area (Å²) in [5, 5.41) is 4.30. The molecule has 0 aliphatic heterocycles. The molecule has 0 aliphatic rings. The van der Waals surface area contributed by atoms with Crippen LogP contribution in [-0.2, 0) is 0 Å². The molecule has 2 heterocycles. The van der Waals surface area contributed by atoms with Crippen molar-refractivity contribution in [3.63, 3.8) is 0 Å². The van der Waals surface area contributed by atoms with Crippen molar-refractivity contribution >= 4 is 38.1 Å². The predicted molar refractivity (Wildman–Crippen MR) is 116 cm³/mol. The second-order valence-electron chi connectivity index (χ2n) is 6.68. The summed E-state index contributed by atoms with van der Waals surface area (Å²) in [6.45, 7) is 10.5. The van der Waals surface area contributed by atoms with E-state index in [1.807, 2.05) is 19.9 Å². The lowest BCUT2D eigenvalue weighted by Crippen LogP contribution is -2.24. The van der Waals surface area contributed by atoms with E-state index in [4.69, 9.17) is 9.72 Å². The van der Waals surface area contributed by atoms with E-state index in [0.717, 1.165) is 59.4 Å². The number of hydrogen-bond acceptors (Lipinski definition) is 6. The van der Waals surface area contributed by atoms with Crippen molar-refractivity contribution in [2.75, 3.05) is 30.4 Å². The Hall–Kier alpha value is -2.34. The Bertz CT molecular complexity index is 916. The third-order valence-corrected chi connectivity index (χ3v) is 5.48. The summed E-state index contributed by atoms with van der Waals surface area (Å²) < 4.78 is 6.77. The number of fused-ring (bicyclic) bond motifs is 1. The molecule has 0 bridgehead atoms. The Labute approximate surface area is 165 Å². The van der Waals surface area contributed by atoms with Crippen LogP contribution in [0.15, 0.2) is 24.3 Å². The van der Waals surface area contributed by atoms with Crippen molar-refractivity contribution in [3.05, 3.63) is 35.7 Å². The zero-order valence-electron chi connectivity index (χ0n) is 16.8. The number of benzene rings is 1. The van der Waals surface area contributed by atoms with Gasteiger partial charge in [0, 0.05) is 24.8 Å². The lowest BCUT2D eigenvalue weighted by atomic mass is 10.2. The molecule has 3 aromatic rings. The highest BCUT2D eigenvalue weighted by Crippen LogP contribution is 2.38. The zero-order valence-corrected chi connectivity index (χ0v) is 17.6. The number of hydrogen-bond donors (Lipinski definition) is 1. The SMILES string of the molecule is CCCN(CCC)c1cccc2nc(Nc3c(OC)cc(C)nc3C)sc12. The molecule has 0 aliphatic carbocycles. The minimum Gasteiger partial charge on any atom is -0.494 e. The predicted octanol–water partition coefficient (Wildman–Crippen LogP) is 5.69. The number of thiazole rings is 1. The standard InChI is InChI=1S/C21H28N4OS/c1-6-11-25(12-7-2)17-10-8-9-16-20(17)27-21(23-16)24-19-15(4)22-14(3)13-18(19)26-5/h8-10,13H,6-7,11-12H2,1-5H3,(H,23,24). The fraction of sp³-hybridized carbons (Fsp3) is 0.429. The van der Waals surface area contributed by atoms with Gasteiger partial charge in [0.15, 0.2) is 5.13 Å². The summed E-state index contributed by atoms with van der Waals surface area (Å²) in [6, 6.07) is 8.32. The van der Waals surface area contributed by atoms with Crippen LogP contribution in [0, 0.1) is 13.8 Å². The molecular weight excluding hydrogens is 356 g/mol. The summed E-state index contributed by atoms with van der Waals surface area (Å²) in [4.78, 5) is 11.8. The maximum Gasteiger partial charge on any atom is 0.188 e. The molecule has 0 unspecified atom stereocenters. The fourth-order valence-corrected chi connectivity index (χ4v) is 4.35. The first-order chi connectivity index (χ1) is 13.1. The van der Waals surface area contributed by atoms with Crippen LogP contribution in [0.1, 0.15) is 38.1 Å². The van der Waals surface area contributed by atoms with Gasteiger partial charge < -0.3 is 15.0 Å². The molecule has 3 rings (SSSR count). The van der Waals surface area contributed by atoms with E-state index < -0.39 is 0 Å². The van der Waals surface area contributed by atoms with Crippen molar-refractivity contribution in [1.29, 1.82) is 0 Å². The molecule has 1 aromatic carbocycles. The van der Waals surface area contributed by atoms with E-state index in [0.29, 0.717) is 0 Å². The number of aromatic nitrogens is 2. The van der Waals surface area contributed by atoms with Gasteiger partial charge in [-0.2, -0.15) is 0 Å². The van der Waals surface area contributed by atoms with E-state index in [2.05, 4.69) is 47.2 Å². The van der Waals surface area contributed by atoms with Gasteiger partial charge in [0.25, 0.3) is 0 Å². The molecule has 0 spiro atoms. The third-order valence-electron chi connectivity index (χ3n) is 4.47. The Morgan fingerprint density at radius 3 is 2.52 bits per heavy atom. The van der Waals surface area contributed by atoms with E-state index in [1.165, 1.54) is 10.4 Å². The molecule has 0 saturated heterocycles.